The van der Waals surface area contributed by atoms with Crippen molar-refractivity contribution in [1.29, 1.82) is 0 Å². The quantitative estimate of drug-likeness (QED) is 0.919. The van der Waals surface area contributed by atoms with Gasteiger partial charge in [-0.2, -0.15) is 0 Å². The minimum Gasteiger partial charge on any atom is -0.313 e. The lowest BCUT2D eigenvalue weighted by molar-refractivity contribution is 0.591. The van der Waals surface area contributed by atoms with Gasteiger partial charge in [-0.15, -0.1) is 0 Å². The fourth-order valence-corrected chi connectivity index (χ4v) is 2.53. The van der Waals surface area contributed by atoms with Crippen LogP contribution >= 0.6 is 27.5 Å². The van der Waals surface area contributed by atoms with E-state index in [4.69, 9.17) is 11.6 Å². The van der Waals surface area contributed by atoms with Gasteiger partial charge in [0, 0.05) is 27.9 Å². The van der Waals surface area contributed by atoms with E-state index in [0.29, 0.717) is 0 Å². The number of rotatable bonds is 4. The first-order valence-corrected chi connectivity index (χ1v) is 6.89. The number of nitrogens with zero attached hydrogens (tertiary/aromatic N) is 1. The van der Waals surface area contributed by atoms with Crippen LogP contribution in [-0.4, -0.2) is 12.0 Å². The van der Waals surface area contributed by atoms with Gasteiger partial charge < -0.3 is 5.32 Å². The first-order chi connectivity index (χ1) is 8.70. The molecule has 2 nitrogen and oxygen atoms in total. The summed E-state index contributed by atoms with van der Waals surface area (Å²) in [6, 6.07) is 10.1. The average molecular weight is 326 g/mol. The van der Waals surface area contributed by atoms with Crippen molar-refractivity contribution in [3.8, 4) is 0 Å². The largest absolute Gasteiger partial charge is 0.313 e. The predicted octanol–water partition coefficient (Wildman–Crippen LogP) is 4.00. The summed E-state index contributed by atoms with van der Waals surface area (Å²) in [5, 5.41) is 4.08. The zero-order chi connectivity index (χ0) is 13.0. The molecule has 94 valence electrons. The van der Waals surface area contributed by atoms with E-state index in [1.807, 2.05) is 31.4 Å². The summed E-state index contributed by atoms with van der Waals surface area (Å²) in [5.74, 6) is 0. The van der Waals surface area contributed by atoms with E-state index >= 15 is 0 Å². The van der Waals surface area contributed by atoms with Gasteiger partial charge in [-0.1, -0.05) is 33.6 Å². The summed E-state index contributed by atoms with van der Waals surface area (Å²) in [7, 11) is 1.94. The summed E-state index contributed by atoms with van der Waals surface area (Å²) in [5.41, 5.74) is 2.28. The Hall–Kier alpha value is -0.900. The lowest BCUT2D eigenvalue weighted by Gasteiger charge is -2.18. The van der Waals surface area contributed by atoms with Crippen LogP contribution in [-0.2, 0) is 6.42 Å². The Morgan fingerprint density at radius 3 is 2.89 bits per heavy atom. The Labute approximate surface area is 121 Å². The van der Waals surface area contributed by atoms with Crippen molar-refractivity contribution < 1.29 is 0 Å². The molecule has 0 saturated carbocycles. The predicted molar refractivity (Wildman–Crippen MR) is 78.9 cm³/mol. The minimum atomic E-state index is 0.180. The Bertz CT molecular complexity index is 516. The first-order valence-electron chi connectivity index (χ1n) is 5.72. The van der Waals surface area contributed by atoms with Gasteiger partial charge in [-0.25, -0.2) is 0 Å². The van der Waals surface area contributed by atoms with E-state index in [9.17, 15) is 0 Å². The minimum absolute atomic E-state index is 0.180. The van der Waals surface area contributed by atoms with Gasteiger partial charge in [-0.3, -0.25) is 4.98 Å². The molecule has 4 heteroatoms. The summed E-state index contributed by atoms with van der Waals surface area (Å²) < 4.78 is 1.04. The zero-order valence-corrected chi connectivity index (χ0v) is 12.4. The number of aromatic nitrogens is 1. The van der Waals surface area contributed by atoms with Crippen LogP contribution in [0.3, 0.4) is 0 Å². The topological polar surface area (TPSA) is 24.9 Å². The fraction of sp³-hybridized carbons (Fsp3) is 0.214. The third-order valence-electron chi connectivity index (χ3n) is 2.84. The molecular weight excluding hydrogens is 312 g/mol. The molecule has 0 fully saturated rings. The molecule has 1 atom stereocenters. The van der Waals surface area contributed by atoms with Crippen LogP contribution in [0.15, 0.2) is 47.2 Å². The van der Waals surface area contributed by atoms with Gasteiger partial charge in [0.05, 0.1) is 0 Å². The second kappa shape index (κ2) is 6.32. The van der Waals surface area contributed by atoms with Crippen LogP contribution in [0.2, 0.25) is 5.02 Å². The van der Waals surface area contributed by atoms with Crippen LogP contribution in [0, 0.1) is 0 Å². The molecule has 18 heavy (non-hydrogen) atoms. The van der Waals surface area contributed by atoms with E-state index in [1.165, 1.54) is 5.56 Å². The van der Waals surface area contributed by atoms with Crippen LogP contribution in [0.25, 0.3) is 0 Å². The lowest BCUT2D eigenvalue weighted by atomic mass is 10.00. The first kappa shape index (κ1) is 13.5. The van der Waals surface area contributed by atoms with Crippen molar-refractivity contribution >= 4 is 27.5 Å². The van der Waals surface area contributed by atoms with Crippen LogP contribution in [0.1, 0.15) is 17.2 Å². The molecule has 2 aromatic rings. The summed E-state index contributed by atoms with van der Waals surface area (Å²) in [6.07, 6.45) is 4.53. The average Bonchev–Trinajstić information content (AvgIpc) is 2.40. The Kier molecular flexibility index (Phi) is 4.75. The molecule has 0 amide bonds. The molecule has 0 radical (unpaired) electrons. The summed E-state index contributed by atoms with van der Waals surface area (Å²) >= 11 is 9.74. The molecule has 1 heterocycles. The molecule has 1 aromatic heterocycles. The number of hydrogen-bond acceptors (Lipinski definition) is 2. The molecule has 1 aromatic carbocycles. The SMILES string of the molecule is CNC(Cc1cccnc1)c1cc(Br)ccc1Cl. The van der Waals surface area contributed by atoms with Gasteiger partial charge in [0.1, 0.15) is 0 Å². The molecule has 0 aliphatic carbocycles. The van der Waals surface area contributed by atoms with Crippen molar-refractivity contribution in [3.63, 3.8) is 0 Å². The number of nitrogens with one attached hydrogen (secondary N) is 1. The van der Waals surface area contributed by atoms with Crippen molar-refractivity contribution in [2.75, 3.05) is 7.05 Å². The Morgan fingerprint density at radius 2 is 2.22 bits per heavy atom. The number of likely N-dealkylation sites (N-methyl/N-ethyl adjacent to an activating group) is 1. The van der Waals surface area contributed by atoms with Crippen molar-refractivity contribution in [2.45, 2.75) is 12.5 Å². The van der Waals surface area contributed by atoms with E-state index in [2.05, 4.69) is 38.4 Å². The standard InChI is InChI=1S/C14H14BrClN2/c1-17-14(7-10-3-2-6-18-9-10)12-8-11(15)4-5-13(12)16/h2-6,8-9,14,17H,7H2,1H3. The van der Waals surface area contributed by atoms with Gasteiger partial charge in [-0.05, 0) is 48.9 Å². The molecule has 0 aliphatic rings. The third-order valence-corrected chi connectivity index (χ3v) is 3.68. The highest BCUT2D eigenvalue weighted by molar-refractivity contribution is 9.10. The van der Waals surface area contributed by atoms with E-state index in [0.717, 1.165) is 21.5 Å². The molecule has 0 aliphatic heterocycles. The number of pyridine rings is 1. The smallest absolute Gasteiger partial charge is 0.0454 e. The lowest BCUT2D eigenvalue weighted by Crippen LogP contribution is -2.19. The number of hydrogen-bond donors (Lipinski definition) is 1. The highest BCUT2D eigenvalue weighted by Crippen LogP contribution is 2.28. The van der Waals surface area contributed by atoms with Crippen molar-refractivity contribution in [3.05, 3.63) is 63.3 Å². The molecule has 0 spiro atoms. The molecule has 1 N–H and O–H groups in total. The van der Waals surface area contributed by atoms with Crippen molar-refractivity contribution in [1.82, 2.24) is 10.3 Å². The van der Waals surface area contributed by atoms with Crippen molar-refractivity contribution in [2.24, 2.45) is 0 Å². The normalized spacial score (nSPS) is 12.4. The number of halogens is 2. The molecule has 1 unspecified atom stereocenters. The molecule has 0 bridgehead atoms. The summed E-state index contributed by atoms with van der Waals surface area (Å²) in [4.78, 5) is 4.14. The van der Waals surface area contributed by atoms with E-state index in [-0.39, 0.29) is 6.04 Å². The maximum atomic E-state index is 6.26. The van der Waals surface area contributed by atoms with Gasteiger partial charge >= 0.3 is 0 Å². The van der Waals surface area contributed by atoms with Crippen LogP contribution < -0.4 is 5.32 Å². The van der Waals surface area contributed by atoms with E-state index < -0.39 is 0 Å². The molecule has 2 rings (SSSR count). The van der Waals surface area contributed by atoms with Gasteiger partial charge in [0.2, 0.25) is 0 Å². The van der Waals surface area contributed by atoms with Gasteiger partial charge in [0.25, 0.3) is 0 Å². The fourth-order valence-electron chi connectivity index (χ4n) is 1.90. The van der Waals surface area contributed by atoms with Gasteiger partial charge in [0.15, 0.2) is 0 Å². The van der Waals surface area contributed by atoms with Crippen LogP contribution in [0.5, 0.6) is 0 Å². The maximum absolute atomic E-state index is 6.26. The number of benzene rings is 1. The highest BCUT2D eigenvalue weighted by atomic mass is 79.9. The second-order valence-electron chi connectivity index (χ2n) is 4.07. The third kappa shape index (κ3) is 3.31. The molecular formula is C14H14BrClN2. The monoisotopic (exact) mass is 324 g/mol. The highest BCUT2D eigenvalue weighted by Gasteiger charge is 2.14. The Balaban J connectivity index is 2.26. The molecule has 0 saturated heterocycles. The second-order valence-corrected chi connectivity index (χ2v) is 5.40. The van der Waals surface area contributed by atoms with Crippen LogP contribution in [0.4, 0.5) is 0 Å². The maximum Gasteiger partial charge on any atom is 0.0454 e. The Morgan fingerprint density at radius 1 is 1.39 bits per heavy atom. The zero-order valence-electron chi connectivity index (χ0n) is 10.0. The van der Waals surface area contributed by atoms with E-state index in [1.54, 1.807) is 6.20 Å². The summed E-state index contributed by atoms with van der Waals surface area (Å²) in [6.45, 7) is 0.